The van der Waals surface area contributed by atoms with Gasteiger partial charge in [0.05, 0.1) is 16.6 Å². The second kappa shape index (κ2) is 11.6. The van der Waals surface area contributed by atoms with E-state index in [1.54, 1.807) is 23.5 Å². The molecule has 33 heavy (non-hydrogen) atoms. The van der Waals surface area contributed by atoms with Crippen LogP contribution in [0.4, 0.5) is 17.1 Å². The van der Waals surface area contributed by atoms with Crippen LogP contribution in [-0.4, -0.2) is 28.9 Å². The summed E-state index contributed by atoms with van der Waals surface area (Å²) >= 11 is 3.27. The molecule has 2 unspecified atom stereocenters. The van der Waals surface area contributed by atoms with Crippen molar-refractivity contribution in [3.05, 3.63) is 65.2 Å². The lowest BCUT2D eigenvalue weighted by atomic mass is 10.1. The van der Waals surface area contributed by atoms with E-state index in [2.05, 4.69) is 76.5 Å². The highest BCUT2D eigenvalue weighted by Gasteiger charge is 2.35. The third-order valence-corrected chi connectivity index (χ3v) is 7.89. The zero-order valence-corrected chi connectivity index (χ0v) is 21.0. The molecule has 2 heterocycles. The number of azo groups is 2. The molecule has 0 radical (unpaired) electrons. The first-order valence-corrected chi connectivity index (χ1v) is 13.3. The molecular weight excluding hydrogens is 448 g/mol. The predicted molar refractivity (Wildman–Crippen MR) is 142 cm³/mol. The summed E-state index contributed by atoms with van der Waals surface area (Å²) in [7, 11) is 0. The van der Waals surface area contributed by atoms with Crippen molar-refractivity contribution in [1.29, 1.82) is 0 Å². The van der Waals surface area contributed by atoms with E-state index in [0.29, 0.717) is 0 Å². The van der Waals surface area contributed by atoms with Gasteiger partial charge in [-0.1, -0.05) is 49.0 Å². The Bertz CT molecular complexity index is 1040. The molecule has 6 nitrogen and oxygen atoms in total. The molecule has 0 aromatic heterocycles. The monoisotopic (exact) mass is 478 g/mol. The van der Waals surface area contributed by atoms with Crippen LogP contribution in [0.1, 0.15) is 39.2 Å². The Kier molecular flexibility index (Phi) is 8.34. The van der Waals surface area contributed by atoms with Crippen LogP contribution >= 0.6 is 23.5 Å². The number of anilines is 1. The predicted octanol–water partition coefficient (Wildman–Crippen LogP) is 8.13. The first-order valence-electron chi connectivity index (χ1n) is 11.6. The largest absolute Gasteiger partial charge is 0.372 e. The normalized spacial score (nSPS) is 19.8. The van der Waals surface area contributed by atoms with Crippen LogP contribution in [0.3, 0.4) is 0 Å². The van der Waals surface area contributed by atoms with Crippen molar-refractivity contribution in [1.82, 2.24) is 0 Å². The second-order valence-corrected chi connectivity index (χ2v) is 10.1. The Morgan fingerprint density at radius 3 is 2.12 bits per heavy atom. The molecule has 4 rings (SSSR count). The van der Waals surface area contributed by atoms with Gasteiger partial charge < -0.3 is 4.90 Å². The molecule has 0 amide bonds. The molecule has 172 valence electrons. The zero-order chi connectivity index (χ0) is 23.0. The fraction of sp³-hybridized carbons (Fsp3) is 0.400. The van der Waals surface area contributed by atoms with Gasteiger partial charge in [-0.25, -0.2) is 4.99 Å². The van der Waals surface area contributed by atoms with E-state index in [1.165, 1.54) is 24.1 Å². The molecule has 0 fully saturated rings. The molecule has 0 saturated carbocycles. The second-order valence-electron chi connectivity index (χ2n) is 7.87. The number of hydrogen-bond donors (Lipinski definition) is 0. The Labute approximate surface area is 204 Å². The minimum absolute atomic E-state index is 0.0966. The maximum atomic E-state index is 4.70. The minimum atomic E-state index is 0.0966. The van der Waals surface area contributed by atoms with Gasteiger partial charge in [-0.15, -0.1) is 15.3 Å². The number of unbranched alkanes of at least 4 members (excludes halogenated alkanes) is 1. The molecule has 0 bridgehead atoms. The smallest absolute Gasteiger partial charge is 0.206 e. The highest BCUT2D eigenvalue weighted by atomic mass is 32.2. The molecule has 0 saturated heterocycles. The third kappa shape index (κ3) is 6.32. The standard InChI is InChI=1S/C25H30N6S2/c1-4-7-8-18-9-11-19(12-10-18)27-29-23-17-22-24(33-23)26-25(32-22)30-28-20-13-15-21(16-14-20)31(5-2)6-3/h9-17,22,24H,4-8H2,1-3H3. The van der Waals surface area contributed by atoms with Gasteiger partial charge in [-0.2, -0.15) is 5.11 Å². The average molecular weight is 479 g/mol. The summed E-state index contributed by atoms with van der Waals surface area (Å²) in [6, 6.07) is 16.5. The number of aliphatic imine (C=N–C) groups is 1. The van der Waals surface area contributed by atoms with Crippen molar-refractivity contribution in [2.24, 2.45) is 25.4 Å². The lowest BCUT2D eigenvalue weighted by molar-refractivity contribution is 0.795. The number of nitrogens with zero attached hydrogens (tertiary/aromatic N) is 6. The number of amidine groups is 1. The molecule has 0 spiro atoms. The molecule has 0 aliphatic carbocycles. The molecule has 2 aromatic rings. The Hall–Kier alpha value is -2.45. The van der Waals surface area contributed by atoms with E-state index in [-0.39, 0.29) is 10.6 Å². The van der Waals surface area contributed by atoms with E-state index in [4.69, 9.17) is 4.99 Å². The first-order chi connectivity index (χ1) is 16.2. The van der Waals surface area contributed by atoms with Gasteiger partial charge in [-0.05, 0) is 74.7 Å². The summed E-state index contributed by atoms with van der Waals surface area (Å²) in [6.07, 6.45) is 5.68. The third-order valence-electron chi connectivity index (χ3n) is 5.56. The summed E-state index contributed by atoms with van der Waals surface area (Å²) in [5.41, 5.74) is 4.28. The van der Waals surface area contributed by atoms with Crippen molar-refractivity contribution < 1.29 is 0 Å². The quantitative estimate of drug-likeness (QED) is 0.342. The number of thioether (sulfide) groups is 2. The van der Waals surface area contributed by atoms with Gasteiger partial charge in [-0.3, -0.25) is 0 Å². The summed E-state index contributed by atoms with van der Waals surface area (Å²) in [6.45, 7) is 8.52. The van der Waals surface area contributed by atoms with E-state index in [0.717, 1.165) is 41.1 Å². The number of fused-ring (bicyclic) bond motifs is 1. The van der Waals surface area contributed by atoms with Crippen LogP contribution in [0.15, 0.2) is 85.1 Å². The first kappa shape index (κ1) is 23.7. The highest BCUT2D eigenvalue weighted by molar-refractivity contribution is 8.16. The molecule has 0 N–H and O–H groups in total. The van der Waals surface area contributed by atoms with E-state index >= 15 is 0 Å². The van der Waals surface area contributed by atoms with Gasteiger partial charge in [0.1, 0.15) is 10.4 Å². The fourth-order valence-corrected chi connectivity index (χ4v) is 5.94. The van der Waals surface area contributed by atoms with Crippen molar-refractivity contribution in [3.8, 4) is 0 Å². The van der Waals surface area contributed by atoms with Crippen molar-refractivity contribution in [2.75, 3.05) is 18.0 Å². The van der Waals surface area contributed by atoms with Gasteiger partial charge in [0.25, 0.3) is 0 Å². The van der Waals surface area contributed by atoms with Gasteiger partial charge in [0, 0.05) is 18.8 Å². The molecule has 2 aliphatic rings. The maximum Gasteiger partial charge on any atom is 0.206 e. The number of benzene rings is 2. The van der Waals surface area contributed by atoms with Crippen molar-refractivity contribution >= 4 is 45.8 Å². The summed E-state index contributed by atoms with van der Waals surface area (Å²) < 4.78 is 0. The molecule has 8 heteroatoms. The van der Waals surface area contributed by atoms with E-state index in [9.17, 15) is 0 Å². The Morgan fingerprint density at radius 1 is 0.818 bits per heavy atom. The highest BCUT2D eigenvalue weighted by Crippen LogP contribution is 2.45. The lowest BCUT2D eigenvalue weighted by Crippen LogP contribution is -2.21. The SMILES string of the molecule is CCCCc1ccc(N=NC2=CC3SC(N=Nc4ccc(N(CC)CC)cc4)=NC3S2)cc1. The molecule has 2 aromatic carbocycles. The van der Waals surface area contributed by atoms with E-state index in [1.807, 2.05) is 24.3 Å². The number of hydrogen-bond acceptors (Lipinski definition) is 8. The summed E-state index contributed by atoms with van der Waals surface area (Å²) in [5.74, 6) is 0. The van der Waals surface area contributed by atoms with Crippen LogP contribution in [0.5, 0.6) is 0 Å². The zero-order valence-electron chi connectivity index (χ0n) is 19.4. The maximum absolute atomic E-state index is 4.70. The number of aryl methyl sites for hydroxylation is 1. The Balaban J connectivity index is 1.29. The van der Waals surface area contributed by atoms with Crippen LogP contribution in [-0.2, 0) is 6.42 Å². The van der Waals surface area contributed by atoms with Crippen LogP contribution < -0.4 is 4.90 Å². The number of rotatable bonds is 9. The molecule has 2 aliphatic heterocycles. The lowest BCUT2D eigenvalue weighted by Gasteiger charge is -2.20. The molecular formula is C25H30N6S2. The fourth-order valence-electron chi connectivity index (χ4n) is 3.65. The van der Waals surface area contributed by atoms with Gasteiger partial charge in [0.2, 0.25) is 5.17 Å². The van der Waals surface area contributed by atoms with Gasteiger partial charge in [0.15, 0.2) is 0 Å². The summed E-state index contributed by atoms with van der Waals surface area (Å²) in [5, 5.41) is 19.5. The minimum Gasteiger partial charge on any atom is -0.372 e. The Morgan fingerprint density at radius 2 is 1.48 bits per heavy atom. The summed E-state index contributed by atoms with van der Waals surface area (Å²) in [4.78, 5) is 7.01. The topological polar surface area (TPSA) is 65.0 Å². The van der Waals surface area contributed by atoms with Crippen LogP contribution in [0.25, 0.3) is 0 Å². The van der Waals surface area contributed by atoms with Crippen molar-refractivity contribution in [2.45, 2.75) is 50.7 Å². The van der Waals surface area contributed by atoms with Crippen LogP contribution in [0.2, 0.25) is 0 Å². The van der Waals surface area contributed by atoms with E-state index < -0.39 is 0 Å². The van der Waals surface area contributed by atoms with Crippen molar-refractivity contribution in [3.63, 3.8) is 0 Å². The molecule has 2 atom stereocenters. The van der Waals surface area contributed by atoms with Crippen LogP contribution in [0, 0.1) is 0 Å². The van der Waals surface area contributed by atoms with Gasteiger partial charge >= 0.3 is 0 Å². The average Bonchev–Trinajstić information content (AvgIpc) is 3.41.